The zero-order valence-corrected chi connectivity index (χ0v) is 9.78. The molecule has 0 amide bonds. The first-order valence-electron chi connectivity index (χ1n) is 4.77. The molecule has 1 nitrogen and oxygen atoms in total. The summed E-state index contributed by atoms with van der Waals surface area (Å²) in [6.45, 7) is 0.608. The number of benzene rings is 2. The van der Waals surface area contributed by atoms with Crippen LogP contribution in [0.25, 0.3) is 0 Å². The molecule has 0 aromatic heterocycles. The summed E-state index contributed by atoms with van der Waals surface area (Å²) in [5, 5.41) is 0. The van der Waals surface area contributed by atoms with Crippen LogP contribution >= 0.6 is 15.9 Å². The lowest BCUT2D eigenvalue weighted by Gasteiger charge is -2.06. The van der Waals surface area contributed by atoms with Gasteiger partial charge in [-0.1, -0.05) is 59.8 Å². The van der Waals surface area contributed by atoms with E-state index in [0.717, 1.165) is 10.2 Å². The van der Waals surface area contributed by atoms with E-state index in [-0.39, 0.29) is 7.43 Å². The van der Waals surface area contributed by atoms with E-state index in [2.05, 4.69) is 28.1 Å². The smallest absolute Gasteiger partial charge is 0.120 e. The lowest BCUT2D eigenvalue weighted by Crippen LogP contribution is -1.94. The van der Waals surface area contributed by atoms with Crippen LogP contribution in [0.15, 0.2) is 59.1 Å². The fourth-order valence-corrected chi connectivity index (χ4v) is 1.68. The largest absolute Gasteiger partial charge is 0.489 e. The van der Waals surface area contributed by atoms with Gasteiger partial charge in [-0.05, 0) is 23.8 Å². The van der Waals surface area contributed by atoms with Gasteiger partial charge in [0.25, 0.3) is 0 Å². The number of halogens is 1. The van der Waals surface area contributed by atoms with Gasteiger partial charge < -0.3 is 4.74 Å². The highest BCUT2D eigenvalue weighted by Gasteiger charge is 1.95. The summed E-state index contributed by atoms with van der Waals surface area (Å²) in [5.74, 6) is 0.883. The van der Waals surface area contributed by atoms with E-state index in [9.17, 15) is 0 Å². The van der Waals surface area contributed by atoms with E-state index in [4.69, 9.17) is 4.74 Å². The van der Waals surface area contributed by atoms with Crippen LogP contribution in [0, 0.1) is 0 Å². The Morgan fingerprint density at radius 1 is 0.938 bits per heavy atom. The molecule has 0 saturated carbocycles. The van der Waals surface area contributed by atoms with Gasteiger partial charge in [0.2, 0.25) is 0 Å². The maximum absolute atomic E-state index is 5.64. The van der Waals surface area contributed by atoms with Crippen LogP contribution in [0.5, 0.6) is 5.75 Å². The monoisotopic (exact) mass is 278 g/mol. The minimum Gasteiger partial charge on any atom is -0.489 e. The molecule has 0 aliphatic carbocycles. The van der Waals surface area contributed by atoms with E-state index in [0.29, 0.717) is 6.61 Å². The van der Waals surface area contributed by atoms with Crippen LogP contribution in [0.4, 0.5) is 0 Å². The lowest BCUT2D eigenvalue weighted by atomic mass is 10.2. The van der Waals surface area contributed by atoms with Gasteiger partial charge in [0.05, 0.1) is 0 Å². The molecule has 2 rings (SSSR count). The van der Waals surface area contributed by atoms with Crippen molar-refractivity contribution < 1.29 is 4.74 Å². The molecule has 0 radical (unpaired) electrons. The van der Waals surface area contributed by atoms with Crippen LogP contribution in [0.3, 0.4) is 0 Å². The molecule has 2 heteroatoms. The second-order valence-corrected chi connectivity index (χ2v) is 4.15. The van der Waals surface area contributed by atoms with Crippen molar-refractivity contribution in [2.24, 2.45) is 0 Å². The van der Waals surface area contributed by atoms with Crippen molar-refractivity contribution >= 4 is 15.9 Å². The van der Waals surface area contributed by atoms with Crippen molar-refractivity contribution in [2.75, 3.05) is 0 Å². The summed E-state index contributed by atoms with van der Waals surface area (Å²) >= 11 is 3.41. The van der Waals surface area contributed by atoms with Crippen LogP contribution in [-0.4, -0.2) is 0 Å². The third-order valence-corrected chi connectivity index (χ3v) is 2.54. The molecule has 0 atom stereocenters. The molecule has 0 aliphatic rings. The Morgan fingerprint density at radius 3 is 2.38 bits per heavy atom. The van der Waals surface area contributed by atoms with Crippen molar-refractivity contribution in [1.82, 2.24) is 0 Å². The van der Waals surface area contributed by atoms with Crippen LogP contribution in [-0.2, 0) is 6.61 Å². The van der Waals surface area contributed by atoms with Gasteiger partial charge in [-0.3, -0.25) is 0 Å². The SMILES string of the molecule is Brc1cccc(OCc2ccccc2)c1.C. The molecule has 0 bridgehead atoms. The highest BCUT2D eigenvalue weighted by atomic mass is 79.9. The van der Waals surface area contributed by atoms with Crippen LogP contribution < -0.4 is 4.74 Å². The minimum atomic E-state index is 0. The Hall–Kier alpha value is -1.28. The average molecular weight is 279 g/mol. The minimum absolute atomic E-state index is 0. The number of ether oxygens (including phenoxy) is 1. The van der Waals surface area contributed by atoms with E-state index in [1.54, 1.807) is 0 Å². The predicted octanol–water partition coefficient (Wildman–Crippen LogP) is 4.66. The predicted molar refractivity (Wildman–Crippen MR) is 71.6 cm³/mol. The van der Waals surface area contributed by atoms with Crippen molar-refractivity contribution in [1.29, 1.82) is 0 Å². The number of hydrogen-bond donors (Lipinski definition) is 0. The second-order valence-electron chi connectivity index (χ2n) is 3.23. The molecule has 0 N–H and O–H groups in total. The highest BCUT2D eigenvalue weighted by Crippen LogP contribution is 2.18. The van der Waals surface area contributed by atoms with Crippen molar-refractivity contribution in [3.05, 3.63) is 64.6 Å². The van der Waals surface area contributed by atoms with E-state index in [1.165, 1.54) is 5.56 Å². The first kappa shape index (κ1) is 12.8. The number of rotatable bonds is 3. The quantitative estimate of drug-likeness (QED) is 0.793. The topological polar surface area (TPSA) is 9.23 Å². The van der Waals surface area contributed by atoms with Gasteiger partial charge in [0, 0.05) is 4.47 Å². The van der Waals surface area contributed by atoms with Gasteiger partial charge in [-0.25, -0.2) is 0 Å². The summed E-state index contributed by atoms with van der Waals surface area (Å²) in [4.78, 5) is 0. The Bertz CT molecular complexity index is 426. The first-order chi connectivity index (χ1) is 7.34. The zero-order valence-electron chi connectivity index (χ0n) is 8.19. The van der Waals surface area contributed by atoms with Gasteiger partial charge in [0.15, 0.2) is 0 Å². The maximum Gasteiger partial charge on any atom is 0.120 e. The summed E-state index contributed by atoms with van der Waals surface area (Å²) in [6.07, 6.45) is 0. The third kappa shape index (κ3) is 3.70. The van der Waals surface area contributed by atoms with Crippen molar-refractivity contribution in [3.63, 3.8) is 0 Å². The molecule has 0 saturated heterocycles. The normalized spacial score (nSPS) is 9.31. The summed E-state index contributed by atoms with van der Waals surface area (Å²) in [7, 11) is 0. The molecular weight excluding hydrogens is 264 g/mol. The molecule has 84 valence electrons. The zero-order chi connectivity index (χ0) is 10.5. The van der Waals surface area contributed by atoms with Gasteiger partial charge in [-0.2, -0.15) is 0 Å². The first-order valence-corrected chi connectivity index (χ1v) is 5.56. The Balaban J connectivity index is 0.00000128. The summed E-state index contributed by atoms with van der Waals surface area (Å²) in [6, 6.07) is 18.0. The molecule has 0 aliphatic heterocycles. The van der Waals surface area contributed by atoms with Crippen LogP contribution in [0.1, 0.15) is 13.0 Å². The van der Waals surface area contributed by atoms with Gasteiger partial charge >= 0.3 is 0 Å². The van der Waals surface area contributed by atoms with Gasteiger partial charge in [-0.15, -0.1) is 0 Å². The van der Waals surface area contributed by atoms with E-state index in [1.807, 2.05) is 42.5 Å². The molecule has 2 aromatic carbocycles. The molecule has 0 heterocycles. The van der Waals surface area contributed by atoms with E-state index < -0.39 is 0 Å². The third-order valence-electron chi connectivity index (χ3n) is 2.04. The number of hydrogen-bond acceptors (Lipinski definition) is 1. The Morgan fingerprint density at radius 2 is 1.69 bits per heavy atom. The molecule has 0 fully saturated rings. The maximum atomic E-state index is 5.64. The second kappa shape index (κ2) is 6.33. The fraction of sp³-hybridized carbons (Fsp3) is 0.143. The van der Waals surface area contributed by atoms with Crippen molar-refractivity contribution in [3.8, 4) is 5.75 Å². The highest BCUT2D eigenvalue weighted by molar-refractivity contribution is 9.10. The Labute approximate surface area is 105 Å². The average Bonchev–Trinajstić information content (AvgIpc) is 2.28. The molecule has 16 heavy (non-hydrogen) atoms. The summed E-state index contributed by atoms with van der Waals surface area (Å²) < 4.78 is 6.68. The van der Waals surface area contributed by atoms with E-state index >= 15 is 0 Å². The molecule has 0 spiro atoms. The van der Waals surface area contributed by atoms with Gasteiger partial charge in [0.1, 0.15) is 12.4 Å². The fourth-order valence-electron chi connectivity index (χ4n) is 1.30. The van der Waals surface area contributed by atoms with Crippen LogP contribution in [0.2, 0.25) is 0 Å². The summed E-state index contributed by atoms with van der Waals surface area (Å²) in [5.41, 5.74) is 1.18. The molecular formula is C14H15BrO. The standard InChI is InChI=1S/C13H11BrO.CH4/c14-12-7-4-8-13(9-12)15-10-11-5-2-1-3-6-11;/h1-9H,10H2;1H4. The Kier molecular flexibility index (Phi) is 5.06. The lowest BCUT2D eigenvalue weighted by molar-refractivity contribution is 0.306. The molecule has 0 unspecified atom stereocenters. The molecule has 2 aromatic rings. The van der Waals surface area contributed by atoms with Crippen molar-refractivity contribution in [2.45, 2.75) is 14.0 Å².